The average Bonchev–Trinajstić information content (AvgIpc) is 2.51. The van der Waals surface area contributed by atoms with Crippen LogP contribution in [0.25, 0.3) is 0 Å². The summed E-state index contributed by atoms with van der Waals surface area (Å²) in [6, 6.07) is 8.42. The Labute approximate surface area is 133 Å². The fourth-order valence-electron chi connectivity index (χ4n) is 1.85. The van der Waals surface area contributed by atoms with Gasteiger partial charge in [-0.3, -0.25) is 4.79 Å². The van der Waals surface area contributed by atoms with Gasteiger partial charge in [0, 0.05) is 17.3 Å². The van der Waals surface area contributed by atoms with Crippen molar-refractivity contribution in [1.82, 2.24) is 0 Å². The molecule has 0 aliphatic rings. The van der Waals surface area contributed by atoms with E-state index in [1.165, 1.54) is 30.3 Å². The van der Waals surface area contributed by atoms with Crippen LogP contribution in [-0.4, -0.2) is 19.6 Å². The summed E-state index contributed by atoms with van der Waals surface area (Å²) in [5.41, 5.74) is 0.310. The molecule has 0 aromatic heterocycles. The molecule has 2 aromatic carbocycles. The fraction of sp³-hybridized carbons (Fsp3) is 0.188. The van der Waals surface area contributed by atoms with Gasteiger partial charge >= 0.3 is 0 Å². The largest absolute Gasteiger partial charge is 0.322 e. The lowest BCUT2D eigenvalue weighted by Crippen LogP contribution is -2.15. The second-order valence-corrected chi connectivity index (χ2v) is 7.71. The highest BCUT2D eigenvalue weighted by molar-refractivity contribution is 7.92. The summed E-state index contributed by atoms with van der Waals surface area (Å²) in [6.45, 7) is 3.14. The van der Waals surface area contributed by atoms with Crippen LogP contribution in [-0.2, 0) is 9.84 Å². The molecule has 23 heavy (non-hydrogen) atoms. The van der Waals surface area contributed by atoms with Crippen LogP contribution < -0.4 is 5.32 Å². The van der Waals surface area contributed by atoms with Crippen LogP contribution in [0.15, 0.2) is 47.4 Å². The number of carbonyl (C=O) groups is 1. The van der Waals surface area contributed by atoms with Gasteiger partial charge in [0.1, 0.15) is 0 Å². The third-order valence-corrected chi connectivity index (χ3v) is 5.41. The Balaban J connectivity index is 2.19. The molecule has 2 aromatic rings. The van der Waals surface area contributed by atoms with Crippen molar-refractivity contribution in [3.05, 3.63) is 59.7 Å². The second-order valence-electron chi connectivity index (χ2n) is 5.20. The highest BCUT2D eigenvalue weighted by Gasteiger charge is 2.19. The van der Waals surface area contributed by atoms with Gasteiger partial charge in [0.05, 0.1) is 10.1 Å². The summed E-state index contributed by atoms with van der Waals surface area (Å²) < 4.78 is 49.9. The van der Waals surface area contributed by atoms with Crippen molar-refractivity contribution in [2.24, 2.45) is 0 Å². The van der Waals surface area contributed by atoms with Crippen molar-refractivity contribution in [3.8, 4) is 0 Å². The van der Waals surface area contributed by atoms with E-state index in [0.717, 1.165) is 12.1 Å². The van der Waals surface area contributed by atoms with Gasteiger partial charge in [-0.2, -0.15) is 0 Å². The van der Waals surface area contributed by atoms with Crippen molar-refractivity contribution >= 4 is 21.4 Å². The van der Waals surface area contributed by atoms with E-state index >= 15 is 0 Å². The maximum Gasteiger partial charge on any atom is 0.255 e. The first kappa shape index (κ1) is 17.1. The summed E-state index contributed by atoms with van der Waals surface area (Å²) in [6.07, 6.45) is 0. The first-order chi connectivity index (χ1) is 10.7. The highest BCUT2D eigenvalue weighted by atomic mass is 32.2. The number of anilines is 1. The SMILES string of the molecule is CC(C)S(=O)(=O)c1ccc(C(=O)Nc2ccc(F)c(F)c2)cc1. The number of rotatable bonds is 4. The molecule has 0 fully saturated rings. The summed E-state index contributed by atoms with van der Waals surface area (Å²) in [4.78, 5) is 12.2. The third kappa shape index (κ3) is 3.73. The maximum absolute atomic E-state index is 13.1. The topological polar surface area (TPSA) is 63.2 Å². The van der Waals surface area contributed by atoms with Crippen molar-refractivity contribution in [2.45, 2.75) is 24.0 Å². The van der Waals surface area contributed by atoms with Crippen LogP contribution in [0.1, 0.15) is 24.2 Å². The number of hydrogen-bond acceptors (Lipinski definition) is 3. The van der Waals surface area contributed by atoms with E-state index in [1.807, 2.05) is 0 Å². The molecular weight excluding hydrogens is 324 g/mol. The number of nitrogens with one attached hydrogen (secondary N) is 1. The molecule has 4 nitrogen and oxygen atoms in total. The van der Waals surface area contributed by atoms with Crippen LogP contribution in [0.3, 0.4) is 0 Å². The summed E-state index contributed by atoms with van der Waals surface area (Å²) >= 11 is 0. The van der Waals surface area contributed by atoms with E-state index in [0.29, 0.717) is 0 Å². The first-order valence-corrected chi connectivity index (χ1v) is 8.37. The standard InChI is InChI=1S/C16H15F2NO3S/c1-10(2)23(21,22)13-6-3-11(4-7-13)16(20)19-12-5-8-14(17)15(18)9-12/h3-10H,1-2H3,(H,19,20). The lowest BCUT2D eigenvalue weighted by Gasteiger charge is -2.09. The van der Waals surface area contributed by atoms with Crippen molar-refractivity contribution in [3.63, 3.8) is 0 Å². The van der Waals surface area contributed by atoms with Gasteiger partial charge in [0.15, 0.2) is 21.5 Å². The van der Waals surface area contributed by atoms with E-state index in [2.05, 4.69) is 5.32 Å². The van der Waals surface area contributed by atoms with Crippen molar-refractivity contribution < 1.29 is 22.0 Å². The van der Waals surface area contributed by atoms with Crippen LogP contribution in [0.2, 0.25) is 0 Å². The second kappa shape index (κ2) is 6.45. The van der Waals surface area contributed by atoms with Crippen LogP contribution >= 0.6 is 0 Å². The molecule has 0 saturated carbocycles. The van der Waals surface area contributed by atoms with E-state index in [1.54, 1.807) is 13.8 Å². The molecule has 1 amide bonds. The minimum Gasteiger partial charge on any atom is -0.322 e. The highest BCUT2D eigenvalue weighted by Crippen LogP contribution is 2.18. The summed E-state index contributed by atoms with van der Waals surface area (Å²) in [5, 5.41) is 1.85. The molecule has 0 unspecified atom stereocenters. The molecule has 0 bridgehead atoms. The number of sulfone groups is 1. The molecule has 0 heterocycles. The van der Waals surface area contributed by atoms with Gasteiger partial charge in [-0.1, -0.05) is 0 Å². The smallest absolute Gasteiger partial charge is 0.255 e. The number of carbonyl (C=O) groups excluding carboxylic acids is 1. The Morgan fingerprint density at radius 2 is 1.61 bits per heavy atom. The monoisotopic (exact) mass is 339 g/mol. The first-order valence-electron chi connectivity index (χ1n) is 6.82. The van der Waals surface area contributed by atoms with Gasteiger partial charge in [-0.05, 0) is 50.2 Å². The zero-order chi connectivity index (χ0) is 17.2. The molecule has 0 atom stereocenters. The van der Waals surface area contributed by atoms with E-state index in [-0.39, 0.29) is 16.1 Å². The number of benzene rings is 2. The molecular formula is C16H15F2NO3S. The number of hydrogen-bond donors (Lipinski definition) is 1. The summed E-state index contributed by atoms with van der Waals surface area (Å²) in [7, 11) is -3.41. The maximum atomic E-state index is 13.1. The fourth-order valence-corrected chi connectivity index (χ4v) is 2.91. The van der Waals surface area contributed by atoms with Crippen molar-refractivity contribution in [1.29, 1.82) is 0 Å². The Bertz CT molecular complexity index is 831. The third-order valence-electron chi connectivity index (χ3n) is 3.24. The number of halogens is 2. The molecule has 0 aliphatic heterocycles. The Hall–Kier alpha value is -2.28. The van der Waals surface area contributed by atoms with Gasteiger partial charge in [-0.25, -0.2) is 17.2 Å². The molecule has 0 radical (unpaired) electrons. The van der Waals surface area contributed by atoms with Crippen LogP contribution in [0.5, 0.6) is 0 Å². The zero-order valence-corrected chi connectivity index (χ0v) is 13.3. The molecule has 1 N–H and O–H groups in total. The van der Waals surface area contributed by atoms with E-state index in [4.69, 9.17) is 0 Å². The van der Waals surface area contributed by atoms with E-state index in [9.17, 15) is 22.0 Å². The molecule has 122 valence electrons. The molecule has 2 rings (SSSR count). The Morgan fingerprint density at radius 1 is 1.00 bits per heavy atom. The zero-order valence-electron chi connectivity index (χ0n) is 12.5. The van der Waals surface area contributed by atoms with Gasteiger partial charge < -0.3 is 5.32 Å². The van der Waals surface area contributed by atoms with Crippen LogP contribution in [0.4, 0.5) is 14.5 Å². The molecule has 0 spiro atoms. The quantitative estimate of drug-likeness (QED) is 0.928. The predicted molar refractivity (Wildman–Crippen MR) is 83.1 cm³/mol. The molecule has 0 aliphatic carbocycles. The lowest BCUT2D eigenvalue weighted by molar-refractivity contribution is 0.102. The normalized spacial score (nSPS) is 11.5. The average molecular weight is 339 g/mol. The van der Waals surface area contributed by atoms with Crippen molar-refractivity contribution in [2.75, 3.05) is 5.32 Å². The Morgan fingerprint density at radius 3 is 2.13 bits per heavy atom. The van der Waals surface area contributed by atoms with Crippen LogP contribution in [0, 0.1) is 11.6 Å². The van der Waals surface area contributed by atoms with E-state index < -0.39 is 32.6 Å². The lowest BCUT2D eigenvalue weighted by atomic mass is 10.2. The number of amides is 1. The minimum absolute atomic E-state index is 0.104. The van der Waals surface area contributed by atoms with Gasteiger partial charge in [0.25, 0.3) is 5.91 Å². The minimum atomic E-state index is -3.41. The Kier molecular flexibility index (Phi) is 4.79. The predicted octanol–water partition coefficient (Wildman–Crippen LogP) is 3.40. The summed E-state index contributed by atoms with van der Waals surface area (Å²) in [5.74, 6) is -2.63. The molecule has 0 saturated heterocycles. The van der Waals surface area contributed by atoms with Gasteiger partial charge in [0.2, 0.25) is 0 Å². The molecule has 7 heteroatoms. The van der Waals surface area contributed by atoms with Gasteiger partial charge in [-0.15, -0.1) is 0 Å².